The van der Waals surface area contributed by atoms with Gasteiger partial charge in [0, 0.05) is 18.0 Å². The number of hydrogen-bond donors (Lipinski definition) is 0. The van der Waals surface area contributed by atoms with Gasteiger partial charge in [0.2, 0.25) is 0 Å². The highest BCUT2D eigenvalue weighted by atomic mass is 32.2. The van der Waals surface area contributed by atoms with Crippen LogP contribution in [0.2, 0.25) is 0 Å². The van der Waals surface area contributed by atoms with E-state index in [9.17, 15) is 4.79 Å². The van der Waals surface area contributed by atoms with Crippen molar-refractivity contribution in [3.05, 3.63) is 29.8 Å². The summed E-state index contributed by atoms with van der Waals surface area (Å²) in [6, 6.07) is 8.45. The van der Waals surface area contributed by atoms with Gasteiger partial charge in [-0.2, -0.15) is 0 Å². The summed E-state index contributed by atoms with van der Waals surface area (Å²) in [6.45, 7) is 6.28. The zero-order valence-corrected chi connectivity index (χ0v) is 12.6. The fraction of sp³-hybridized carbons (Fsp3) is 0.533. The monoisotopic (exact) mass is 279 g/mol. The van der Waals surface area contributed by atoms with Crippen molar-refractivity contribution >= 4 is 18.0 Å². The SMILES string of the molecule is CSc1ccc(C2(C)CN(C(C)C=O)CCO2)cc1. The van der Waals surface area contributed by atoms with E-state index in [0.717, 1.165) is 19.4 Å². The lowest BCUT2D eigenvalue weighted by Gasteiger charge is -2.42. The van der Waals surface area contributed by atoms with E-state index < -0.39 is 0 Å². The lowest BCUT2D eigenvalue weighted by Crippen LogP contribution is -2.51. The van der Waals surface area contributed by atoms with Gasteiger partial charge in [0.15, 0.2) is 0 Å². The maximum Gasteiger partial charge on any atom is 0.136 e. The van der Waals surface area contributed by atoms with Gasteiger partial charge in [0.1, 0.15) is 11.9 Å². The third-order valence-corrected chi connectivity index (χ3v) is 4.52. The molecule has 1 aliphatic heterocycles. The molecule has 0 spiro atoms. The first-order valence-corrected chi connectivity index (χ1v) is 7.79. The third kappa shape index (κ3) is 3.19. The van der Waals surface area contributed by atoms with E-state index in [-0.39, 0.29) is 11.6 Å². The number of nitrogens with zero attached hydrogens (tertiary/aromatic N) is 1. The molecule has 4 heteroatoms. The Bertz CT molecular complexity index is 434. The molecule has 0 aliphatic carbocycles. The van der Waals surface area contributed by atoms with Gasteiger partial charge in [-0.3, -0.25) is 4.90 Å². The first-order valence-electron chi connectivity index (χ1n) is 6.57. The Balaban J connectivity index is 2.18. The minimum atomic E-state index is -0.327. The van der Waals surface area contributed by atoms with Crippen molar-refractivity contribution in [1.29, 1.82) is 0 Å². The fourth-order valence-electron chi connectivity index (χ4n) is 2.45. The van der Waals surface area contributed by atoms with Gasteiger partial charge < -0.3 is 9.53 Å². The molecule has 3 nitrogen and oxygen atoms in total. The van der Waals surface area contributed by atoms with Crippen LogP contribution in [0.1, 0.15) is 19.4 Å². The Kier molecular flexibility index (Phi) is 4.66. The van der Waals surface area contributed by atoms with Gasteiger partial charge in [-0.05, 0) is 37.8 Å². The lowest BCUT2D eigenvalue weighted by atomic mass is 9.93. The second-order valence-corrected chi connectivity index (χ2v) is 6.03. The van der Waals surface area contributed by atoms with E-state index in [1.54, 1.807) is 11.8 Å². The van der Waals surface area contributed by atoms with Crippen molar-refractivity contribution in [3.8, 4) is 0 Å². The molecule has 2 unspecified atom stereocenters. The maximum absolute atomic E-state index is 10.9. The number of aldehydes is 1. The minimum Gasteiger partial charge on any atom is -0.368 e. The van der Waals surface area contributed by atoms with Crippen LogP contribution in [-0.2, 0) is 15.1 Å². The highest BCUT2D eigenvalue weighted by Crippen LogP contribution is 2.31. The van der Waals surface area contributed by atoms with Crippen LogP contribution in [0.15, 0.2) is 29.2 Å². The highest BCUT2D eigenvalue weighted by Gasteiger charge is 2.35. The van der Waals surface area contributed by atoms with Crippen LogP contribution >= 0.6 is 11.8 Å². The normalized spacial score (nSPS) is 26.1. The zero-order valence-electron chi connectivity index (χ0n) is 11.8. The molecule has 2 atom stereocenters. The van der Waals surface area contributed by atoms with Gasteiger partial charge in [-0.15, -0.1) is 11.8 Å². The van der Waals surface area contributed by atoms with Crippen LogP contribution in [0, 0.1) is 0 Å². The fourth-order valence-corrected chi connectivity index (χ4v) is 2.86. The summed E-state index contributed by atoms with van der Waals surface area (Å²) >= 11 is 1.73. The van der Waals surface area contributed by atoms with Crippen molar-refractivity contribution in [2.75, 3.05) is 26.0 Å². The van der Waals surface area contributed by atoms with Gasteiger partial charge in [0.25, 0.3) is 0 Å². The number of benzene rings is 1. The molecule has 104 valence electrons. The molecule has 2 rings (SSSR count). The molecule has 0 N–H and O–H groups in total. The first kappa shape index (κ1) is 14.6. The summed E-state index contributed by atoms with van der Waals surface area (Å²) < 4.78 is 5.99. The second-order valence-electron chi connectivity index (χ2n) is 5.15. The van der Waals surface area contributed by atoms with E-state index >= 15 is 0 Å². The van der Waals surface area contributed by atoms with Crippen LogP contribution in [0.5, 0.6) is 0 Å². The quantitative estimate of drug-likeness (QED) is 0.626. The van der Waals surface area contributed by atoms with Crippen molar-refractivity contribution in [2.45, 2.75) is 30.4 Å². The number of hydrogen-bond acceptors (Lipinski definition) is 4. The Morgan fingerprint density at radius 2 is 2.11 bits per heavy atom. The molecule has 0 aromatic heterocycles. The molecule has 1 heterocycles. The number of rotatable bonds is 4. The molecular weight excluding hydrogens is 258 g/mol. The van der Waals surface area contributed by atoms with Gasteiger partial charge >= 0.3 is 0 Å². The van der Waals surface area contributed by atoms with E-state index in [4.69, 9.17) is 4.74 Å². The average Bonchev–Trinajstić information content (AvgIpc) is 2.46. The summed E-state index contributed by atoms with van der Waals surface area (Å²) in [6.07, 6.45) is 3.07. The molecule has 1 saturated heterocycles. The second kappa shape index (κ2) is 6.07. The molecule has 0 amide bonds. The van der Waals surface area contributed by atoms with E-state index in [2.05, 4.69) is 42.3 Å². The smallest absolute Gasteiger partial charge is 0.136 e. The number of carbonyl (C=O) groups excluding carboxylic acids is 1. The summed E-state index contributed by atoms with van der Waals surface area (Å²) in [4.78, 5) is 14.4. The third-order valence-electron chi connectivity index (χ3n) is 3.78. The molecule has 1 fully saturated rings. The predicted octanol–water partition coefficient (Wildman–Crippen LogP) is 2.54. The molecular formula is C15H21NO2S. The van der Waals surface area contributed by atoms with Gasteiger partial charge in [-0.25, -0.2) is 0 Å². The zero-order chi connectivity index (χ0) is 13.9. The molecule has 1 aromatic carbocycles. The van der Waals surface area contributed by atoms with Crippen LogP contribution in [0.25, 0.3) is 0 Å². The molecule has 0 bridgehead atoms. The minimum absolute atomic E-state index is 0.0475. The molecule has 0 radical (unpaired) electrons. The van der Waals surface area contributed by atoms with Gasteiger partial charge in [-0.1, -0.05) is 12.1 Å². The summed E-state index contributed by atoms with van der Waals surface area (Å²) in [7, 11) is 0. The van der Waals surface area contributed by atoms with E-state index in [0.29, 0.717) is 6.61 Å². The maximum atomic E-state index is 10.9. The Hall–Kier alpha value is -0.840. The van der Waals surface area contributed by atoms with E-state index in [1.807, 2.05) is 6.92 Å². The van der Waals surface area contributed by atoms with Crippen LogP contribution in [0.3, 0.4) is 0 Å². The van der Waals surface area contributed by atoms with Crippen molar-refractivity contribution < 1.29 is 9.53 Å². The number of carbonyl (C=O) groups is 1. The predicted molar refractivity (Wildman–Crippen MR) is 78.6 cm³/mol. The van der Waals surface area contributed by atoms with Gasteiger partial charge in [0.05, 0.1) is 12.6 Å². The summed E-state index contributed by atoms with van der Waals surface area (Å²) in [5, 5.41) is 0. The Morgan fingerprint density at radius 1 is 1.42 bits per heavy atom. The molecule has 0 saturated carbocycles. The number of morpholine rings is 1. The van der Waals surface area contributed by atoms with Crippen LogP contribution in [-0.4, -0.2) is 43.2 Å². The topological polar surface area (TPSA) is 29.5 Å². The van der Waals surface area contributed by atoms with Crippen LogP contribution in [0.4, 0.5) is 0 Å². The number of ether oxygens (including phenoxy) is 1. The van der Waals surface area contributed by atoms with Crippen molar-refractivity contribution in [1.82, 2.24) is 4.90 Å². The summed E-state index contributed by atoms with van der Waals surface area (Å²) in [5.74, 6) is 0. The molecule has 19 heavy (non-hydrogen) atoms. The van der Waals surface area contributed by atoms with E-state index in [1.165, 1.54) is 10.5 Å². The van der Waals surface area contributed by atoms with Crippen molar-refractivity contribution in [3.63, 3.8) is 0 Å². The lowest BCUT2D eigenvalue weighted by molar-refractivity contribution is -0.127. The Morgan fingerprint density at radius 3 is 2.68 bits per heavy atom. The summed E-state index contributed by atoms with van der Waals surface area (Å²) in [5.41, 5.74) is 0.847. The first-order chi connectivity index (χ1) is 9.09. The molecule has 1 aliphatic rings. The average molecular weight is 279 g/mol. The molecule has 1 aromatic rings. The number of thioether (sulfide) groups is 1. The van der Waals surface area contributed by atoms with Crippen LogP contribution < -0.4 is 0 Å². The largest absolute Gasteiger partial charge is 0.368 e. The van der Waals surface area contributed by atoms with Crippen molar-refractivity contribution in [2.24, 2.45) is 0 Å². The highest BCUT2D eigenvalue weighted by molar-refractivity contribution is 7.98. The Labute approximate surface area is 119 Å². The standard InChI is InChI=1S/C15H21NO2S/c1-12(10-17)16-8-9-18-15(2,11-16)13-4-6-14(19-3)7-5-13/h4-7,10,12H,8-9,11H2,1-3H3.